The number of hydrogen-bond donors (Lipinski definition) is 2. The Kier molecular flexibility index (Phi) is 5.21. The van der Waals surface area contributed by atoms with E-state index in [0.717, 1.165) is 57.4 Å². The third kappa shape index (κ3) is 3.75. The number of anilines is 1. The lowest BCUT2D eigenvalue weighted by Gasteiger charge is -2.35. The van der Waals surface area contributed by atoms with Crippen LogP contribution in [-0.4, -0.2) is 30.8 Å². The molecule has 25 heavy (non-hydrogen) atoms. The van der Waals surface area contributed by atoms with Crippen molar-refractivity contribution in [3.05, 3.63) is 11.8 Å². The first-order valence-electron chi connectivity index (χ1n) is 9.37. The molecule has 0 atom stereocenters. The van der Waals surface area contributed by atoms with Gasteiger partial charge in [-0.1, -0.05) is 20.3 Å². The summed E-state index contributed by atoms with van der Waals surface area (Å²) in [6.45, 7) is 5.68. The number of aliphatic hydroxyl groups excluding tert-OH is 1. The number of aromatic nitrogens is 1. The van der Waals surface area contributed by atoms with E-state index in [9.17, 15) is 9.90 Å². The molecule has 0 radical (unpaired) electrons. The van der Waals surface area contributed by atoms with E-state index < -0.39 is 5.41 Å². The molecule has 0 bridgehead atoms. The molecule has 6 nitrogen and oxygen atoms in total. The number of carbonyl (C=O) groups excluding carboxylic acids is 1. The van der Waals surface area contributed by atoms with Gasteiger partial charge in [0.25, 0.3) is 5.88 Å². The van der Waals surface area contributed by atoms with Crippen LogP contribution in [0.25, 0.3) is 0 Å². The Morgan fingerprint density at radius 3 is 2.64 bits per heavy atom. The number of nitrogens with zero attached hydrogens (tertiary/aromatic N) is 1. The minimum absolute atomic E-state index is 0.0217. The average Bonchev–Trinajstić information content (AvgIpc) is 2.88. The number of carbonyl (C=O) groups is 1. The summed E-state index contributed by atoms with van der Waals surface area (Å²) in [6.07, 6.45) is 5.93. The predicted molar refractivity (Wildman–Crippen MR) is 93.1 cm³/mol. The fraction of sp³-hybridized carbons (Fsp3) is 0.789. The van der Waals surface area contributed by atoms with Crippen LogP contribution in [-0.2, 0) is 22.0 Å². The summed E-state index contributed by atoms with van der Waals surface area (Å²) < 4.78 is 12.8. The Bertz CT molecular complexity index is 607. The lowest BCUT2D eigenvalue weighted by Crippen LogP contribution is -2.47. The van der Waals surface area contributed by atoms with Crippen LogP contribution in [0.3, 0.4) is 0 Å². The molecule has 0 spiro atoms. The monoisotopic (exact) mass is 351 g/mol. The maximum atomic E-state index is 12.8. The molecule has 2 N–H and O–H groups in total. The van der Waals surface area contributed by atoms with Crippen LogP contribution < -0.4 is 10.1 Å². The highest BCUT2D eigenvalue weighted by Gasteiger charge is 2.47. The molecule has 1 saturated carbocycles. The van der Waals surface area contributed by atoms with Gasteiger partial charge in [0.05, 0.1) is 18.1 Å². The van der Waals surface area contributed by atoms with Crippen molar-refractivity contribution < 1.29 is 23.9 Å². The number of ether oxygens (including phenoxy) is 1. The quantitative estimate of drug-likeness (QED) is 0.771. The van der Waals surface area contributed by atoms with E-state index in [2.05, 4.69) is 5.32 Å². The van der Waals surface area contributed by atoms with Crippen molar-refractivity contribution in [1.82, 2.24) is 0 Å². The van der Waals surface area contributed by atoms with E-state index in [0.29, 0.717) is 11.8 Å². The molecule has 2 aliphatic rings. The average molecular weight is 351 g/mol. The standard InChI is InChI=1S/C19H30N2O4/c1-18(2,12-14-5-9-24-10-6-14)17(23)20-16-11-15(21(3)25-16)19(13-22)7-4-8-19/h11,14,22H,4-10,12-13H2,1-3H3/p+1. The topological polar surface area (TPSA) is 75.6 Å². The van der Waals surface area contributed by atoms with Crippen molar-refractivity contribution >= 4 is 11.8 Å². The third-order valence-corrected chi connectivity index (χ3v) is 5.99. The fourth-order valence-electron chi connectivity index (χ4n) is 4.13. The zero-order chi connectivity index (χ0) is 18.1. The molecule has 140 valence electrons. The van der Waals surface area contributed by atoms with E-state index in [1.165, 1.54) is 0 Å². The molecule has 6 heteroatoms. The largest absolute Gasteiger partial charge is 0.395 e. The molecule has 3 rings (SSSR count). The minimum atomic E-state index is -0.460. The highest BCUT2D eigenvalue weighted by atomic mass is 16.5. The second kappa shape index (κ2) is 7.08. The maximum Gasteiger partial charge on any atom is 0.282 e. The SMILES string of the molecule is C[n+]1oc(NC(=O)C(C)(C)CC2CCOCC2)cc1C1(CO)CCC1. The predicted octanol–water partition coefficient (Wildman–Crippen LogP) is 2.30. The van der Waals surface area contributed by atoms with Crippen LogP contribution in [0, 0.1) is 11.3 Å². The van der Waals surface area contributed by atoms with Gasteiger partial charge >= 0.3 is 0 Å². The van der Waals surface area contributed by atoms with Gasteiger partial charge in [-0.15, -0.1) is 0 Å². The molecule has 2 fully saturated rings. The van der Waals surface area contributed by atoms with Crippen molar-refractivity contribution in [3.63, 3.8) is 0 Å². The van der Waals surface area contributed by atoms with Gasteiger partial charge in [0, 0.05) is 18.6 Å². The first-order chi connectivity index (χ1) is 11.9. The van der Waals surface area contributed by atoms with Gasteiger partial charge in [0.2, 0.25) is 11.6 Å². The van der Waals surface area contributed by atoms with Crippen LogP contribution in [0.15, 0.2) is 10.6 Å². The van der Waals surface area contributed by atoms with E-state index in [-0.39, 0.29) is 17.9 Å². The Morgan fingerprint density at radius 2 is 2.08 bits per heavy atom. The zero-order valence-corrected chi connectivity index (χ0v) is 15.6. The summed E-state index contributed by atoms with van der Waals surface area (Å²) in [5.74, 6) is 0.972. The zero-order valence-electron chi connectivity index (χ0n) is 15.6. The van der Waals surface area contributed by atoms with Crippen molar-refractivity contribution in [1.29, 1.82) is 0 Å². The normalized spacial score (nSPS) is 21.0. The second-order valence-corrected chi connectivity index (χ2v) is 8.37. The van der Waals surface area contributed by atoms with Gasteiger partial charge in [-0.2, -0.15) is 0 Å². The molecule has 2 heterocycles. The molecule has 1 aliphatic heterocycles. The molecule has 1 aromatic rings. The molecular formula is C19H31N2O4+. The highest BCUT2D eigenvalue weighted by molar-refractivity contribution is 5.93. The molecule has 1 amide bonds. The summed E-state index contributed by atoms with van der Waals surface area (Å²) in [7, 11) is 1.83. The van der Waals surface area contributed by atoms with E-state index >= 15 is 0 Å². The Balaban J connectivity index is 1.66. The van der Waals surface area contributed by atoms with Gasteiger partial charge in [-0.05, 0) is 42.8 Å². The number of aliphatic hydroxyl groups is 1. The second-order valence-electron chi connectivity index (χ2n) is 8.37. The smallest absolute Gasteiger partial charge is 0.282 e. The molecule has 1 saturated heterocycles. The number of rotatable bonds is 6. The maximum absolute atomic E-state index is 12.8. The molecule has 1 aromatic heterocycles. The van der Waals surface area contributed by atoms with Gasteiger partial charge in [0.15, 0.2) is 7.05 Å². The van der Waals surface area contributed by atoms with Gasteiger partial charge in [-0.25, -0.2) is 4.52 Å². The van der Waals surface area contributed by atoms with Crippen molar-refractivity contribution in [2.75, 3.05) is 25.1 Å². The first kappa shape index (κ1) is 18.4. The number of nitrogens with one attached hydrogen (secondary N) is 1. The Hall–Kier alpha value is -1.40. The molecule has 0 aromatic carbocycles. The van der Waals surface area contributed by atoms with Crippen molar-refractivity contribution in [3.8, 4) is 0 Å². The lowest BCUT2D eigenvalue weighted by atomic mass is 9.67. The van der Waals surface area contributed by atoms with Crippen LogP contribution in [0.4, 0.5) is 5.88 Å². The van der Waals surface area contributed by atoms with Gasteiger partial charge < -0.3 is 9.84 Å². The van der Waals surface area contributed by atoms with Crippen LogP contribution in [0.1, 0.15) is 58.1 Å². The van der Waals surface area contributed by atoms with Gasteiger partial charge in [0.1, 0.15) is 0 Å². The number of amides is 1. The molecule has 0 unspecified atom stereocenters. The summed E-state index contributed by atoms with van der Waals surface area (Å²) in [6, 6.07) is 1.87. The molecule has 1 aliphatic carbocycles. The number of hydrogen-bond acceptors (Lipinski definition) is 4. The summed E-state index contributed by atoms with van der Waals surface area (Å²) in [4.78, 5) is 12.8. The molecular weight excluding hydrogens is 320 g/mol. The Labute approximate surface area is 149 Å². The van der Waals surface area contributed by atoms with Gasteiger partial charge in [-0.3, -0.25) is 10.1 Å². The number of aryl methyl sites for hydroxylation is 1. The van der Waals surface area contributed by atoms with Crippen LogP contribution in [0.2, 0.25) is 0 Å². The van der Waals surface area contributed by atoms with Crippen LogP contribution >= 0.6 is 0 Å². The lowest BCUT2D eigenvalue weighted by molar-refractivity contribution is -0.851. The van der Waals surface area contributed by atoms with Crippen molar-refractivity contribution in [2.24, 2.45) is 18.4 Å². The summed E-state index contributed by atoms with van der Waals surface area (Å²) >= 11 is 0. The first-order valence-corrected chi connectivity index (χ1v) is 9.37. The van der Waals surface area contributed by atoms with E-state index in [1.807, 2.05) is 27.0 Å². The highest BCUT2D eigenvalue weighted by Crippen LogP contribution is 2.42. The van der Waals surface area contributed by atoms with E-state index in [4.69, 9.17) is 9.26 Å². The minimum Gasteiger partial charge on any atom is -0.395 e. The Morgan fingerprint density at radius 1 is 1.40 bits per heavy atom. The van der Waals surface area contributed by atoms with E-state index in [1.54, 1.807) is 4.74 Å². The third-order valence-electron chi connectivity index (χ3n) is 5.99. The fourth-order valence-corrected chi connectivity index (χ4v) is 4.13. The summed E-state index contributed by atoms with van der Waals surface area (Å²) in [5, 5.41) is 12.7. The summed E-state index contributed by atoms with van der Waals surface area (Å²) in [5.41, 5.74) is 0.288. The van der Waals surface area contributed by atoms with Crippen LogP contribution in [0.5, 0.6) is 0 Å². The van der Waals surface area contributed by atoms with Crippen molar-refractivity contribution in [2.45, 2.75) is 57.8 Å².